The molecule has 3 nitrogen and oxygen atoms in total. The lowest BCUT2D eigenvalue weighted by Gasteiger charge is -2.28. The molecule has 0 saturated heterocycles. The summed E-state index contributed by atoms with van der Waals surface area (Å²) in [4.78, 5) is 2.45. The topological polar surface area (TPSA) is 32.7 Å². The Morgan fingerprint density at radius 1 is 1.35 bits per heavy atom. The summed E-state index contributed by atoms with van der Waals surface area (Å²) in [5, 5.41) is 10.1. The molecule has 0 heterocycles. The van der Waals surface area contributed by atoms with Crippen LogP contribution in [-0.4, -0.2) is 29.7 Å². The third-order valence-corrected chi connectivity index (χ3v) is 3.99. The maximum Gasteiger partial charge on any atom is 0.176 e. The minimum atomic E-state index is 0.0153. The highest BCUT2D eigenvalue weighted by Crippen LogP contribution is 2.35. The highest BCUT2D eigenvalue weighted by Gasteiger charge is 2.15. The van der Waals surface area contributed by atoms with Crippen molar-refractivity contribution in [2.75, 3.05) is 13.7 Å². The van der Waals surface area contributed by atoms with Crippen molar-refractivity contribution in [2.24, 2.45) is 0 Å². The van der Waals surface area contributed by atoms with Crippen LogP contribution in [0.4, 0.5) is 0 Å². The van der Waals surface area contributed by atoms with Gasteiger partial charge >= 0.3 is 0 Å². The van der Waals surface area contributed by atoms with Gasteiger partial charge in [-0.2, -0.15) is 0 Å². The summed E-state index contributed by atoms with van der Waals surface area (Å²) in [5.41, 5.74) is 1.07. The van der Waals surface area contributed by atoms with E-state index in [2.05, 4.69) is 25.7 Å². The van der Waals surface area contributed by atoms with Gasteiger partial charge in [0.05, 0.1) is 12.1 Å². The van der Waals surface area contributed by atoms with E-state index in [4.69, 9.17) is 16.3 Å². The fourth-order valence-electron chi connectivity index (χ4n) is 2.18. The van der Waals surface area contributed by atoms with Crippen molar-refractivity contribution in [1.29, 1.82) is 0 Å². The maximum atomic E-state index is 9.78. The first-order valence-electron chi connectivity index (χ1n) is 7.32. The van der Waals surface area contributed by atoms with E-state index in [1.165, 1.54) is 12.8 Å². The number of nitrogens with zero attached hydrogens (tertiary/aromatic N) is 1. The molecule has 0 aliphatic carbocycles. The molecule has 1 N–H and O–H groups in total. The van der Waals surface area contributed by atoms with Crippen molar-refractivity contribution in [2.45, 2.75) is 52.6 Å². The van der Waals surface area contributed by atoms with Crippen molar-refractivity contribution in [3.63, 3.8) is 0 Å². The molecular formula is C16H26ClNO2. The van der Waals surface area contributed by atoms with E-state index < -0.39 is 0 Å². The first kappa shape index (κ1) is 17.1. The predicted octanol–water partition coefficient (Wildman–Crippen LogP) is 4.45. The van der Waals surface area contributed by atoms with Gasteiger partial charge < -0.3 is 9.84 Å². The molecule has 0 amide bonds. The third kappa shape index (κ3) is 4.57. The Bertz CT molecular complexity index is 423. The van der Waals surface area contributed by atoms with Gasteiger partial charge in [-0.05, 0) is 44.0 Å². The standard InChI is InChI=1S/C16H26ClNO2/c1-5-7-8-18(12(3)6-2)11-13-9-14(17)16(19)15(10-13)20-4/h9-10,12,19H,5-8,11H2,1-4H3. The maximum absolute atomic E-state index is 9.78. The minimum absolute atomic E-state index is 0.0153. The van der Waals surface area contributed by atoms with Crippen LogP contribution in [0.5, 0.6) is 11.5 Å². The van der Waals surface area contributed by atoms with Gasteiger partial charge in [0.1, 0.15) is 0 Å². The molecule has 1 atom stereocenters. The quantitative estimate of drug-likeness (QED) is 0.769. The van der Waals surface area contributed by atoms with Crippen LogP contribution in [0, 0.1) is 0 Å². The lowest BCUT2D eigenvalue weighted by Crippen LogP contribution is -2.33. The van der Waals surface area contributed by atoms with Gasteiger partial charge in [0.15, 0.2) is 11.5 Å². The summed E-state index contributed by atoms with van der Waals surface area (Å²) in [6.07, 6.45) is 3.49. The molecule has 0 saturated carbocycles. The Labute approximate surface area is 127 Å². The molecule has 1 aromatic rings. The number of benzene rings is 1. The molecule has 0 aliphatic heterocycles. The second-order valence-electron chi connectivity index (χ2n) is 5.21. The Balaban J connectivity index is 2.89. The van der Waals surface area contributed by atoms with Crippen LogP contribution < -0.4 is 4.74 Å². The highest BCUT2D eigenvalue weighted by molar-refractivity contribution is 6.32. The lowest BCUT2D eigenvalue weighted by atomic mass is 10.1. The first-order valence-corrected chi connectivity index (χ1v) is 7.70. The second-order valence-corrected chi connectivity index (χ2v) is 5.62. The molecular weight excluding hydrogens is 274 g/mol. The average Bonchev–Trinajstić information content (AvgIpc) is 2.45. The van der Waals surface area contributed by atoms with Crippen molar-refractivity contribution in [3.05, 3.63) is 22.7 Å². The van der Waals surface area contributed by atoms with E-state index in [0.717, 1.165) is 25.1 Å². The molecule has 1 aromatic carbocycles. The van der Waals surface area contributed by atoms with Crippen molar-refractivity contribution >= 4 is 11.6 Å². The van der Waals surface area contributed by atoms with Crippen LogP contribution in [0.3, 0.4) is 0 Å². The van der Waals surface area contributed by atoms with E-state index >= 15 is 0 Å². The van der Waals surface area contributed by atoms with Gasteiger partial charge in [-0.15, -0.1) is 0 Å². The third-order valence-electron chi connectivity index (χ3n) is 3.71. The van der Waals surface area contributed by atoms with Gasteiger partial charge in [-0.1, -0.05) is 31.9 Å². The molecule has 20 heavy (non-hydrogen) atoms. The molecule has 1 rings (SSSR count). The van der Waals surface area contributed by atoms with Crippen LogP contribution in [0.2, 0.25) is 5.02 Å². The smallest absolute Gasteiger partial charge is 0.176 e. The molecule has 0 radical (unpaired) electrons. The molecule has 4 heteroatoms. The Morgan fingerprint density at radius 3 is 2.60 bits per heavy atom. The van der Waals surface area contributed by atoms with Crippen LogP contribution in [0.1, 0.15) is 45.6 Å². The summed E-state index contributed by atoms with van der Waals surface area (Å²) in [5.74, 6) is 0.452. The number of hydrogen-bond acceptors (Lipinski definition) is 3. The Hall–Kier alpha value is -0.930. The van der Waals surface area contributed by atoms with E-state index in [1.54, 1.807) is 7.11 Å². The number of aromatic hydroxyl groups is 1. The van der Waals surface area contributed by atoms with Crippen LogP contribution in [0.25, 0.3) is 0 Å². The van der Waals surface area contributed by atoms with E-state index in [1.807, 2.05) is 12.1 Å². The zero-order valence-electron chi connectivity index (χ0n) is 12.9. The summed E-state index contributed by atoms with van der Waals surface area (Å²) in [6, 6.07) is 4.21. The van der Waals surface area contributed by atoms with Crippen molar-refractivity contribution < 1.29 is 9.84 Å². The predicted molar refractivity (Wildman–Crippen MR) is 84.7 cm³/mol. The van der Waals surface area contributed by atoms with Gasteiger partial charge in [-0.3, -0.25) is 4.90 Å². The highest BCUT2D eigenvalue weighted by atomic mass is 35.5. The number of methoxy groups -OCH3 is 1. The summed E-state index contributed by atoms with van der Waals surface area (Å²) in [6.45, 7) is 8.55. The Kier molecular flexibility index (Phi) is 7.17. The molecule has 0 spiro atoms. The lowest BCUT2D eigenvalue weighted by molar-refractivity contribution is 0.192. The van der Waals surface area contributed by atoms with Gasteiger partial charge in [0, 0.05) is 12.6 Å². The number of halogens is 1. The number of ether oxygens (including phenoxy) is 1. The summed E-state index contributed by atoms with van der Waals surface area (Å²) < 4.78 is 5.16. The zero-order chi connectivity index (χ0) is 15.1. The monoisotopic (exact) mass is 299 g/mol. The van der Waals surface area contributed by atoms with E-state index in [9.17, 15) is 5.11 Å². The minimum Gasteiger partial charge on any atom is -0.503 e. The van der Waals surface area contributed by atoms with Crippen molar-refractivity contribution in [1.82, 2.24) is 4.90 Å². The normalized spacial score (nSPS) is 12.7. The number of phenolic OH excluding ortho intramolecular Hbond substituents is 1. The van der Waals surface area contributed by atoms with Crippen LogP contribution in [0.15, 0.2) is 12.1 Å². The average molecular weight is 300 g/mol. The number of phenols is 1. The number of hydrogen-bond donors (Lipinski definition) is 1. The van der Waals surface area contributed by atoms with Gasteiger partial charge in [0.25, 0.3) is 0 Å². The molecule has 114 valence electrons. The fraction of sp³-hybridized carbons (Fsp3) is 0.625. The fourth-order valence-corrected chi connectivity index (χ4v) is 2.42. The number of unbranched alkanes of at least 4 members (excludes halogenated alkanes) is 1. The van der Waals surface area contributed by atoms with E-state index in [-0.39, 0.29) is 5.75 Å². The van der Waals surface area contributed by atoms with Gasteiger partial charge in [-0.25, -0.2) is 0 Å². The molecule has 0 bridgehead atoms. The SMILES string of the molecule is CCCCN(Cc1cc(Cl)c(O)c(OC)c1)C(C)CC. The number of rotatable bonds is 8. The largest absolute Gasteiger partial charge is 0.503 e. The molecule has 0 aromatic heterocycles. The van der Waals surface area contributed by atoms with E-state index in [0.29, 0.717) is 16.8 Å². The summed E-state index contributed by atoms with van der Waals surface area (Å²) >= 11 is 6.05. The zero-order valence-corrected chi connectivity index (χ0v) is 13.7. The first-order chi connectivity index (χ1) is 9.53. The molecule has 0 aliphatic rings. The molecule has 0 fully saturated rings. The van der Waals surface area contributed by atoms with Crippen LogP contribution in [-0.2, 0) is 6.54 Å². The van der Waals surface area contributed by atoms with Crippen molar-refractivity contribution in [3.8, 4) is 11.5 Å². The van der Waals surface area contributed by atoms with Crippen LogP contribution >= 0.6 is 11.6 Å². The summed E-state index contributed by atoms with van der Waals surface area (Å²) in [7, 11) is 1.54. The molecule has 1 unspecified atom stereocenters. The Morgan fingerprint density at radius 2 is 2.05 bits per heavy atom. The van der Waals surface area contributed by atoms with Gasteiger partial charge in [0.2, 0.25) is 0 Å². The second kappa shape index (κ2) is 8.38.